The number of anilines is 1. The summed E-state index contributed by atoms with van der Waals surface area (Å²) in [6.45, 7) is 1.27. The van der Waals surface area contributed by atoms with E-state index in [0.29, 0.717) is 18.8 Å². The summed E-state index contributed by atoms with van der Waals surface area (Å²) >= 11 is 0. The number of hydrogen-bond acceptors (Lipinski definition) is 2. The third-order valence-electron chi connectivity index (χ3n) is 2.02. The summed E-state index contributed by atoms with van der Waals surface area (Å²) in [5.41, 5.74) is 0.659. The smallest absolute Gasteiger partial charge is 0.303 e. The molecule has 1 aliphatic rings. The minimum Gasteiger partial charge on any atom is -0.366 e. The Morgan fingerprint density at radius 1 is 1.54 bits per heavy atom. The van der Waals surface area contributed by atoms with Gasteiger partial charge in [0.15, 0.2) is 0 Å². The topological polar surface area (TPSA) is 56.2 Å². The summed E-state index contributed by atoms with van der Waals surface area (Å²) in [5.74, 6) is 0. The zero-order valence-corrected chi connectivity index (χ0v) is 8.08. The van der Waals surface area contributed by atoms with Crippen LogP contribution in [0.4, 0.5) is 5.69 Å². The molecule has 72 valence electrons. The minimum absolute atomic E-state index is 0.636. The monoisotopic (exact) mass is 201 g/mol. The van der Waals surface area contributed by atoms with Gasteiger partial charge in [0.2, 0.25) is 0 Å². The number of aromatic nitrogens is 1. The Morgan fingerprint density at radius 3 is 2.69 bits per heavy atom. The van der Waals surface area contributed by atoms with Gasteiger partial charge >= 0.3 is 10.2 Å². The van der Waals surface area contributed by atoms with Crippen LogP contribution in [0.5, 0.6) is 0 Å². The lowest BCUT2D eigenvalue weighted by atomic mass is 10.5. The van der Waals surface area contributed by atoms with Crippen LogP contribution in [0, 0.1) is 0 Å². The predicted octanol–water partition coefficient (Wildman–Crippen LogP) is 0.0113. The van der Waals surface area contributed by atoms with Crippen LogP contribution in [0.1, 0.15) is 0 Å². The molecule has 1 N–H and O–H groups in total. The fraction of sp³-hybridized carbons (Fsp3) is 0.429. The highest BCUT2D eigenvalue weighted by molar-refractivity contribution is 7.90. The first-order valence-corrected chi connectivity index (χ1v) is 5.39. The Balaban J connectivity index is 2.26. The Kier molecular flexibility index (Phi) is 1.81. The van der Waals surface area contributed by atoms with Crippen molar-refractivity contribution in [3.05, 3.63) is 18.5 Å². The largest absolute Gasteiger partial charge is 0.366 e. The highest BCUT2D eigenvalue weighted by Gasteiger charge is 2.35. The first kappa shape index (κ1) is 8.58. The predicted molar refractivity (Wildman–Crippen MR) is 49.7 cm³/mol. The molecular weight excluding hydrogens is 190 g/mol. The summed E-state index contributed by atoms with van der Waals surface area (Å²) in [5, 5.41) is 0. The summed E-state index contributed by atoms with van der Waals surface area (Å²) in [6.07, 6.45) is 3.35. The fourth-order valence-electron chi connectivity index (χ4n) is 1.09. The summed E-state index contributed by atoms with van der Waals surface area (Å²) < 4.78 is 25.9. The Hall–Kier alpha value is -1.01. The van der Waals surface area contributed by atoms with Crippen molar-refractivity contribution < 1.29 is 8.42 Å². The van der Waals surface area contributed by atoms with Gasteiger partial charge < -0.3 is 4.98 Å². The van der Waals surface area contributed by atoms with Gasteiger partial charge in [-0.3, -0.25) is 4.31 Å². The Bertz CT molecular complexity index is 380. The molecule has 0 aliphatic carbocycles. The van der Waals surface area contributed by atoms with Gasteiger partial charge in [-0.1, -0.05) is 0 Å². The second kappa shape index (κ2) is 2.74. The maximum Gasteiger partial charge on any atom is 0.303 e. The van der Waals surface area contributed by atoms with E-state index in [-0.39, 0.29) is 0 Å². The van der Waals surface area contributed by atoms with Crippen LogP contribution >= 0.6 is 0 Å². The molecule has 0 unspecified atom stereocenters. The van der Waals surface area contributed by atoms with Gasteiger partial charge in [0, 0.05) is 32.5 Å². The van der Waals surface area contributed by atoms with Gasteiger partial charge in [0.05, 0.1) is 5.69 Å². The van der Waals surface area contributed by atoms with Crippen LogP contribution in [-0.2, 0) is 10.2 Å². The first-order valence-electron chi connectivity index (χ1n) is 3.99. The molecular formula is C7H11N3O2S. The Morgan fingerprint density at radius 2 is 2.23 bits per heavy atom. The molecule has 0 spiro atoms. The average molecular weight is 201 g/mol. The molecule has 1 aromatic heterocycles. The first-order chi connectivity index (χ1) is 6.12. The van der Waals surface area contributed by atoms with E-state index in [9.17, 15) is 8.42 Å². The van der Waals surface area contributed by atoms with Crippen LogP contribution in [0.2, 0.25) is 0 Å². The van der Waals surface area contributed by atoms with Crippen LogP contribution in [0.15, 0.2) is 18.5 Å². The van der Waals surface area contributed by atoms with Crippen LogP contribution in [0.3, 0.4) is 0 Å². The maximum absolute atomic E-state index is 11.6. The van der Waals surface area contributed by atoms with Crippen molar-refractivity contribution >= 4 is 15.9 Å². The third kappa shape index (κ3) is 1.42. The number of H-pyrrole nitrogens is 1. The maximum atomic E-state index is 11.6. The van der Waals surface area contributed by atoms with Crippen LogP contribution in [-0.4, -0.2) is 37.8 Å². The molecule has 0 atom stereocenters. The lowest BCUT2D eigenvalue weighted by Crippen LogP contribution is -2.31. The molecule has 6 heteroatoms. The van der Waals surface area contributed by atoms with E-state index in [2.05, 4.69) is 4.98 Å². The van der Waals surface area contributed by atoms with E-state index in [1.165, 1.54) is 8.61 Å². The van der Waals surface area contributed by atoms with Gasteiger partial charge in [-0.15, -0.1) is 0 Å². The molecule has 1 saturated heterocycles. The molecule has 0 aromatic carbocycles. The quantitative estimate of drug-likeness (QED) is 0.700. The standard InChI is InChI=1S/C7H11N3O2S/c1-9(7-2-3-8-6-7)13(11,12)10-4-5-10/h2-3,6,8H,4-5H2,1H3. The molecule has 2 rings (SSSR count). The summed E-state index contributed by atoms with van der Waals surface area (Å²) in [4.78, 5) is 2.82. The van der Waals surface area contributed by atoms with E-state index in [4.69, 9.17) is 0 Å². The van der Waals surface area contributed by atoms with Crippen molar-refractivity contribution in [2.75, 3.05) is 24.4 Å². The Labute approximate surface area is 77.1 Å². The van der Waals surface area contributed by atoms with Gasteiger partial charge in [0.1, 0.15) is 0 Å². The molecule has 0 saturated carbocycles. The molecule has 2 heterocycles. The van der Waals surface area contributed by atoms with Gasteiger partial charge in [-0.2, -0.15) is 12.7 Å². The number of hydrogen-bond donors (Lipinski definition) is 1. The fourth-order valence-corrected chi connectivity index (χ4v) is 2.36. The minimum atomic E-state index is -3.24. The van der Waals surface area contributed by atoms with E-state index in [1.807, 2.05) is 0 Å². The van der Waals surface area contributed by atoms with Gasteiger partial charge in [-0.25, -0.2) is 0 Å². The molecule has 0 bridgehead atoms. The lowest BCUT2D eigenvalue weighted by Gasteiger charge is -2.17. The van der Waals surface area contributed by atoms with Gasteiger partial charge in [0.25, 0.3) is 0 Å². The van der Waals surface area contributed by atoms with Crippen molar-refractivity contribution in [1.82, 2.24) is 9.29 Å². The van der Waals surface area contributed by atoms with Crippen LogP contribution in [0.25, 0.3) is 0 Å². The number of aromatic amines is 1. The number of nitrogens with zero attached hydrogens (tertiary/aromatic N) is 2. The average Bonchev–Trinajstić information content (AvgIpc) is 2.82. The second-order valence-electron chi connectivity index (χ2n) is 2.94. The van der Waals surface area contributed by atoms with Gasteiger partial charge in [-0.05, 0) is 6.07 Å². The SMILES string of the molecule is CN(c1cc[nH]c1)S(=O)(=O)N1CC1. The number of rotatable bonds is 3. The lowest BCUT2D eigenvalue weighted by molar-refractivity contribution is 0.561. The van der Waals surface area contributed by atoms with E-state index < -0.39 is 10.2 Å². The zero-order valence-electron chi connectivity index (χ0n) is 7.27. The molecule has 5 nitrogen and oxygen atoms in total. The molecule has 13 heavy (non-hydrogen) atoms. The van der Waals surface area contributed by atoms with Crippen molar-refractivity contribution in [3.63, 3.8) is 0 Å². The molecule has 0 radical (unpaired) electrons. The normalized spacial score (nSPS) is 17.3. The number of nitrogens with one attached hydrogen (secondary N) is 1. The summed E-state index contributed by atoms with van der Waals surface area (Å²) in [6, 6.07) is 1.72. The highest BCUT2D eigenvalue weighted by atomic mass is 32.2. The summed E-state index contributed by atoms with van der Waals surface area (Å²) in [7, 11) is -1.69. The van der Waals surface area contributed by atoms with E-state index >= 15 is 0 Å². The highest BCUT2D eigenvalue weighted by Crippen LogP contribution is 2.21. The van der Waals surface area contributed by atoms with Crippen molar-refractivity contribution in [1.29, 1.82) is 0 Å². The van der Waals surface area contributed by atoms with Crippen molar-refractivity contribution in [3.8, 4) is 0 Å². The van der Waals surface area contributed by atoms with Crippen molar-refractivity contribution in [2.45, 2.75) is 0 Å². The molecule has 1 aliphatic heterocycles. The van der Waals surface area contributed by atoms with E-state index in [1.54, 1.807) is 25.5 Å². The molecule has 1 aromatic rings. The van der Waals surface area contributed by atoms with E-state index in [0.717, 1.165) is 0 Å². The van der Waals surface area contributed by atoms with Crippen LogP contribution < -0.4 is 4.31 Å². The third-order valence-corrected chi connectivity index (χ3v) is 3.94. The second-order valence-corrected chi connectivity index (χ2v) is 4.90. The zero-order chi connectivity index (χ0) is 9.47. The molecule has 0 amide bonds. The molecule has 1 fully saturated rings. The van der Waals surface area contributed by atoms with Crippen molar-refractivity contribution in [2.24, 2.45) is 0 Å².